The van der Waals surface area contributed by atoms with Gasteiger partial charge in [-0.25, -0.2) is 9.69 Å². The summed E-state index contributed by atoms with van der Waals surface area (Å²) in [7, 11) is 0. The van der Waals surface area contributed by atoms with Crippen LogP contribution in [-0.2, 0) is 27.2 Å². The van der Waals surface area contributed by atoms with Crippen molar-refractivity contribution < 1.29 is 19.1 Å². The Balaban J connectivity index is 2.09. The number of carbonyl (C=O) groups excluding carboxylic acids is 3. The number of hydrogen-bond donors (Lipinski definition) is 0. The highest BCUT2D eigenvalue weighted by Gasteiger charge is 2.37. The molecule has 0 unspecified atom stereocenters. The smallest absolute Gasteiger partial charge is 0.341 e. The Morgan fingerprint density at radius 2 is 1.90 bits per heavy atom. The number of nitrogens with zero attached hydrogens (tertiary/aromatic N) is 1. The molecule has 1 aliphatic carbocycles. The van der Waals surface area contributed by atoms with Crippen LogP contribution in [0.25, 0.3) is 0 Å². The molecule has 1 aromatic heterocycles. The van der Waals surface area contributed by atoms with E-state index in [9.17, 15) is 14.4 Å². The third-order valence-corrected chi connectivity index (χ3v) is 4.91. The Hall–Kier alpha value is -1.69. The zero-order valence-electron chi connectivity index (χ0n) is 11.2. The highest BCUT2D eigenvalue weighted by atomic mass is 32.1. The van der Waals surface area contributed by atoms with Crippen molar-refractivity contribution in [3.63, 3.8) is 0 Å². The second-order valence-electron chi connectivity index (χ2n) is 4.88. The fourth-order valence-electron chi connectivity index (χ4n) is 2.76. The molecule has 2 heterocycles. The topological polar surface area (TPSA) is 63.7 Å². The molecule has 0 spiro atoms. The molecule has 0 aromatic carbocycles. The molecule has 1 saturated heterocycles. The lowest BCUT2D eigenvalue weighted by atomic mass is 10.1. The van der Waals surface area contributed by atoms with Gasteiger partial charge in [-0.15, -0.1) is 11.3 Å². The first-order chi connectivity index (χ1) is 9.63. The van der Waals surface area contributed by atoms with Gasteiger partial charge in [-0.05, 0) is 31.7 Å². The summed E-state index contributed by atoms with van der Waals surface area (Å²) in [6.45, 7) is 2.03. The summed E-state index contributed by atoms with van der Waals surface area (Å²) in [5.74, 6) is -0.865. The predicted octanol–water partition coefficient (Wildman–Crippen LogP) is 2.07. The van der Waals surface area contributed by atoms with Crippen LogP contribution < -0.4 is 4.90 Å². The van der Waals surface area contributed by atoms with Crippen LogP contribution in [0.3, 0.4) is 0 Å². The van der Waals surface area contributed by atoms with Crippen molar-refractivity contribution in [2.75, 3.05) is 11.5 Å². The number of amides is 2. The van der Waals surface area contributed by atoms with Crippen LogP contribution in [-0.4, -0.2) is 24.4 Å². The van der Waals surface area contributed by atoms with E-state index in [1.165, 1.54) is 16.2 Å². The Morgan fingerprint density at radius 1 is 1.20 bits per heavy atom. The van der Waals surface area contributed by atoms with Gasteiger partial charge in [0.25, 0.3) is 0 Å². The molecule has 3 rings (SSSR count). The first-order valence-electron chi connectivity index (χ1n) is 6.81. The largest absolute Gasteiger partial charge is 0.462 e. The number of hydrogen-bond acceptors (Lipinski definition) is 5. The van der Waals surface area contributed by atoms with E-state index >= 15 is 0 Å². The first kappa shape index (κ1) is 13.3. The molecular formula is C14H15NO4S. The number of fused-ring (bicyclic) bond motifs is 1. The monoisotopic (exact) mass is 293 g/mol. The Kier molecular flexibility index (Phi) is 3.33. The van der Waals surface area contributed by atoms with Gasteiger partial charge >= 0.3 is 5.97 Å². The van der Waals surface area contributed by atoms with E-state index in [1.54, 1.807) is 6.92 Å². The minimum absolute atomic E-state index is 0.222. The molecule has 2 amide bonds. The summed E-state index contributed by atoms with van der Waals surface area (Å²) in [4.78, 5) is 38.3. The zero-order chi connectivity index (χ0) is 14.3. The van der Waals surface area contributed by atoms with Crippen molar-refractivity contribution in [1.82, 2.24) is 0 Å². The first-order valence-corrected chi connectivity index (χ1v) is 7.62. The number of imide groups is 1. The molecule has 5 nitrogen and oxygen atoms in total. The predicted molar refractivity (Wildman–Crippen MR) is 74.0 cm³/mol. The Labute approximate surface area is 120 Å². The van der Waals surface area contributed by atoms with Crippen molar-refractivity contribution >= 4 is 34.1 Å². The third-order valence-electron chi connectivity index (χ3n) is 3.64. The standard InChI is InChI=1S/C14H15NO4S/c1-2-19-14(18)12-8-4-3-5-9(8)20-13(12)15-10(16)6-7-11(15)17/h2-7H2,1H3. The summed E-state index contributed by atoms with van der Waals surface area (Å²) >= 11 is 1.39. The molecule has 0 N–H and O–H groups in total. The van der Waals surface area contributed by atoms with Crippen LogP contribution in [0.4, 0.5) is 5.00 Å². The maximum Gasteiger partial charge on any atom is 0.341 e. The zero-order valence-corrected chi connectivity index (χ0v) is 12.0. The molecule has 0 atom stereocenters. The van der Waals surface area contributed by atoms with E-state index in [1.807, 2.05) is 0 Å². The maximum atomic E-state index is 12.2. The highest BCUT2D eigenvalue weighted by Crippen LogP contribution is 2.42. The highest BCUT2D eigenvalue weighted by molar-refractivity contribution is 7.17. The molecule has 0 radical (unpaired) electrons. The van der Waals surface area contributed by atoms with Crippen LogP contribution in [0.1, 0.15) is 47.0 Å². The SMILES string of the molecule is CCOC(=O)c1c(N2C(=O)CCC2=O)sc2c1CCC2. The average Bonchev–Trinajstić information content (AvgIpc) is 3.04. The number of rotatable bonds is 3. The second-order valence-corrected chi connectivity index (χ2v) is 5.96. The van der Waals surface area contributed by atoms with Gasteiger partial charge in [0, 0.05) is 17.7 Å². The van der Waals surface area contributed by atoms with Gasteiger partial charge in [0.15, 0.2) is 0 Å². The van der Waals surface area contributed by atoms with E-state index in [0.29, 0.717) is 10.6 Å². The fraction of sp³-hybridized carbons (Fsp3) is 0.500. The molecule has 2 aliphatic rings. The molecular weight excluding hydrogens is 278 g/mol. The van der Waals surface area contributed by atoms with Gasteiger partial charge in [-0.2, -0.15) is 0 Å². The summed E-state index contributed by atoms with van der Waals surface area (Å²) in [6.07, 6.45) is 3.18. The summed E-state index contributed by atoms with van der Waals surface area (Å²) in [6, 6.07) is 0. The maximum absolute atomic E-state index is 12.2. The molecule has 106 valence electrons. The molecule has 1 fully saturated rings. The van der Waals surface area contributed by atoms with Crippen molar-refractivity contribution in [2.45, 2.75) is 39.0 Å². The molecule has 1 aliphatic heterocycles. The number of esters is 1. The lowest BCUT2D eigenvalue weighted by Gasteiger charge is -2.14. The quantitative estimate of drug-likeness (QED) is 0.632. The van der Waals surface area contributed by atoms with Gasteiger partial charge in [0.2, 0.25) is 11.8 Å². The molecule has 0 saturated carbocycles. The van der Waals surface area contributed by atoms with Crippen molar-refractivity contribution in [1.29, 1.82) is 0 Å². The Morgan fingerprint density at radius 3 is 2.55 bits per heavy atom. The molecule has 0 bridgehead atoms. The number of carbonyl (C=O) groups is 3. The summed E-state index contributed by atoms with van der Waals surface area (Å²) in [5.41, 5.74) is 1.41. The van der Waals surface area contributed by atoms with E-state index < -0.39 is 5.97 Å². The normalized spacial score (nSPS) is 17.8. The average molecular weight is 293 g/mol. The van der Waals surface area contributed by atoms with Gasteiger partial charge in [-0.3, -0.25) is 9.59 Å². The van der Waals surface area contributed by atoms with Gasteiger partial charge in [0.05, 0.1) is 12.2 Å². The van der Waals surface area contributed by atoms with Crippen LogP contribution in [0.15, 0.2) is 0 Å². The van der Waals surface area contributed by atoms with Gasteiger partial charge < -0.3 is 4.74 Å². The third kappa shape index (κ3) is 1.95. The van der Waals surface area contributed by atoms with Crippen LogP contribution in [0.5, 0.6) is 0 Å². The number of thiophene rings is 1. The van der Waals surface area contributed by atoms with Crippen molar-refractivity contribution in [3.8, 4) is 0 Å². The summed E-state index contributed by atoms with van der Waals surface area (Å²) < 4.78 is 5.10. The van der Waals surface area contributed by atoms with Crippen molar-refractivity contribution in [3.05, 3.63) is 16.0 Å². The second kappa shape index (κ2) is 5.01. The van der Waals surface area contributed by atoms with Gasteiger partial charge in [-0.1, -0.05) is 0 Å². The van der Waals surface area contributed by atoms with Crippen LogP contribution in [0, 0.1) is 0 Å². The van der Waals surface area contributed by atoms with E-state index in [4.69, 9.17) is 4.74 Å². The minimum atomic E-state index is -0.422. The fourth-order valence-corrected chi connectivity index (χ4v) is 4.17. The van der Waals surface area contributed by atoms with Crippen LogP contribution in [0.2, 0.25) is 0 Å². The summed E-state index contributed by atoms with van der Waals surface area (Å²) in [5, 5.41) is 0.473. The molecule has 20 heavy (non-hydrogen) atoms. The Bertz CT molecular complexity index is 589. The number of aryl methyl sites for hydroxylation is 1. The van der Waals surface area contributed by atoms with Gasteiger partial charge in [0.1, 0.15) is 5.00 Å². The lowest BCUT2D eigenvalue weighted by Crippen LogP contribution is -2.29. The number of anilines is 1. The molecule has 6 heteroatoms. The van der Waals surface area contributed by atoms with E-state index in [2.05, 4.69) is 0 Å². The van der Waals surface area contributed by atoms with E-state index in [0.717, 1.165) is 29.7 Å². The lowest BCUT2D eigenvalue weighted by molar-refractivity contribution is -0.121. The number of ether oxygens (including phenoxy) is 1. The molecule has 1 aromatic rings. The van der Waals surface area contributed by atoms with Crippen LogP contribution >= 0.6 is 11.3 Å². The minimum Gasteiger partial charge on any atom is -0.462 e. The van der Waals surface area contributed by atoms with E-state index in [-0.39, 0.29) is 31.3 Å². The van der Waals surface area contributed by atoms with Crippen molar-refractivity contribution in [2.24, 2.45) is 0 Å².